The van der Waals surface area contributed by atoms with E-state index in [9.17, 15) is 19.5 Å². The summed E-state index contributed by atoms with van der Waals surface area (Å²) in [6, 6.07) is 0. The number of hydrogen-bond acceptors (Lipinski definition) is 7. The van der Waals surface area contributed by atoms with Gasteiger partial charge in [0.2, 0.25) is 5.78 Å². The van der Waals surface area contributed by atoms with Crippen molar-refractivity contribution in [3.8, 4) is 0 Å². The van der Waals surface area contributed by atoms with Crippen LogP contribution in [0.15, 0.2) is 47.8 Å². The van der Waals surface area contributed by atoms with Crippen LogP contribution in [-0.4, -0.2) is 47.2 Å². The zero-order chi connectivity index (χ0) is 19.2. The highest BCUT2D eigenvalue weighted by molar-refractivity contribution is 6.00. The summed E-state index contributed by atoms with van der Waals surface area (Å²) >= 11 is 0. The van der Waals surface area contributed by atoms with Crippen molar-refractivity contribution in [2.75, 3.05) is 6.61 Å². The molecule has 1 saturated heterocycles. The summed E-state index contributed by atoms with van der Waals surface area (Å²) in [5, 5.41) is 9.73. The molecule has 0 aromatic carbocycles. The van der Waals surface area contributed by atoms with Crippen molar-refractivity contribution in [3.05, 3.63) is 47.8 Å². The highest BCUT2D eigenvalue weighted by Gasteiger charge is 2.52. The lowest BCUT2D eigenvalue weighted by Crippen LogP contribution is -2.41. The largest absolute Gasteiger partial charge is 0.479 e. The quantitative estimate of drug-likeness (QED) is 0.595. The van der Waals surface area contributed by atoms with Crippen LogP contribution in [0.3, 0.4) is 0 Å². The maximum Gasteiger partial charge on any atom is 0.334 e. The fraction of sp³-hybridized carbons (Fsp3) is 0.421. The second-order valence-corrected chi connectivity index (χ2v) is 6.90. The number of carbonyl (C=O) groups is 3. The lowest BCUT2D eigenvalue weighted by atomic mass is 9.83. The molecule has 7 nitrogen and oxygen atoms in total. The maximum atomic E-state index is 12.4. The first kappa shape index (κ1) is 18.1. The molecule has 138 valence electrons. The third-order valence-corrected chi connectivity index (χ3v) is 4.83. The zero-order valence-electron chi connectivity index (χ0n) is 14.6. The molecule has 0 aliphatic carbocycles. The highest BCUT2D eigenvalue weighted by Crippen LogP contribution is 2.42. The summed E-state index contributed by atoms with van der Waals surface area (Å²) in [7, 11) is 0. The van der Waals surface area contributed by atoms with Crippen LogP contribution in [0.5, 0.6) is 0 Å². The van der Waals surface area contributed by atoms with E-state index in [4.69, 9.17) is 14.2 Å². The Hall–Kier alpha value is -2.67. The van der Waals surface area contributed by atoms with E-state index in [-0.39, 0.29) is 34.7 Å². The molecule has 7 heteroatoms. The first-order valence-electron chi connectivity index (χ1n) is 8.19. The van der Waals surface area contributed by atoms with Crippen LogP contribution in [0.4, 0.5) is 0 Å². The molecule has 0 spiro atoms. The topological polar surface area (TPSA) is 99.1 Å². The molecular formula is C19H20O7. The Bertz CT molecular complexity index is 788. The minimum atomic E-state index is -1.23. The van der Waals surface area contributed by atoms with Gasteiger partial charge in [-0.05, 0) is 19.9 Å². The number of carbonyl (C=O) groups excluding carboxylic acids is 3. The molecule has 26 heavy (non-hydrogen) atoms. The van der Waals surface area contributed by atoms with Crippen molar-refractivity contribution >= 4 is 17.7 Å². The average molecular weight is 360 g/mol. The molecule has 0 unspecified atom stereocenters. The van der Waals surface area contributed by atoms with Gasteiger partial charge in [0.1, 0.15) is 18.0 Å². The lowest BCUT2D eigenvalue weighted by molar-refractivity contribution is -0.148. The summed E-state index contributed by atoms with van der Waals surface area (Å²) in [6.07, 6.45) is 1.17. The summed E-state index contributed by atoms with van der Waals surface area (Å²) in [6.45, 7) is 9.98. The summed E-state index contributed by atoms with van der Waals surface area (Å²) in [5.74, 6) is -2.01. The van der Waals surface area contributed by atoms with Crippen LogP contribution in [0.25, 0.3) is 0 Å². The number of ether oxygens (including phenoxy) is 3. The van der Waals surface area contributed by atoms with E-state index >= 15 is 0 Å². The number of esters is 2. The standard InChI is InChI=1S/C19H20O7/c1-9(2)17(22)24-13-5-11(8-20)12-6-15(21)19(4,26-12)7-14-16(13)10(3)18(23)25-14/h5-6,13-14,16,20H,1,3,7-8H2,2,4H3/b11-5-/t13-,14+,16-,19+/m0/s1. The second kappa shape index (κ2) is 6.25. The number of fused-ring (bicyclic) bond motifs is 3. The lowest BCUT2D eigenvalue weighted by Gasteiger charge is -2.29. The van der Waals surface area contributed by atoms with Gasteiger partial charge in [-0.1, -0.05) is 13.2 Å². The Kier molecular flexibility index (Phi) is 4.36. The van der Waals surface area contributed by atoms with E-state index < -0.39 is 42.3 Å². The van der Waals surface area contributed by atoms with E-state index in [2.05, 4.69) is 13.2 Å². The van der Waals surface area contributed by atoms with Crippen molar-refractivity contribution in [2.45, 2.75) is 38.1 Å². The van der Waals surface area contributed by atoms with Crippen LogP contribution < -0.4 is 0 Å². The Labute approximate surface area is 150 Å². The van der Waals surface area contributed by atoms with Crippen LogP contribution in [0, 0.1) is 5.92 Å². The molecule has 3 aliphatic heterocycles. The van der Waals surface area contributed by atoms with Gasteiger partial charge in [-0.2, -0.15) is 0 Å². The zero-order valence-corrected chi connectivity index (χ0v) is 14.6. The van der Waals surface area contributed by atoms with E-state index in [1.54, 1.807) is 6.92 Å². The third-order valence-electron chi connectivity index (χ3n) is 4.83. The number of aliphatic hydroxyl groups is 1. The van der Waals surface area contributed by atoms with Gasteiger partial charge in [0.15, 0.2) is 5.60 Å². The molecule has 0 amide bonds. The summed E-state index contributed by atoms with van der Waals surface area (Å²) < 4.78 is 16.6. The van der Waals surface area contributed by atoms with Crippen molar-refractivity contribution in [1.29, 1.82) is 0 Å². The molecule has 0 saturated carbocycles. The fourth-order valence-corrected chi connectivity index (χ4v) is 3.35. The Morgan fingerprint density at radius 2 is 2.15 bits per heavy atom. The second-order valence-electron chi connectivity index (χ2n) is 6.90. The summed E-state index contributed by atoms with van der Waals surface area (Å²) in [4.78, 5) is 36.5. The summed E-state index contributed by atoms with van der Waals surface area (Å²) in [5.41, 5.74) is -0.611. The van der Waals surface area contributed by atoms with Crippen LogP contribution >= 0.6 is 0 Å². The minimum absolute atomic E-state index is 0.0783. The van der Waals surface area contributed by atoms with Gasteiger partial charge in [0, 0.05) is 29.2 Å². The molecule has 0 radical (unpaired) electrons. The predicted octanol–water partition coefficient (Wildman–Crippen LogP) is 1.14. The highest BCUT2D eigenvalue weighted by atomic mass is 16.6. The Morgan fingerprint density at radius 1 is 1.46 bits per heavy atom. The monoisotopic (exact) mass is 360 g/mol. The molecule has 3 heterocycles. The fourth-order valence-electron chi connectivity index (χ4n) is 3.35. The molecule has 3 aliphatic rings. The van der Waals surface area contributed by atoms with Gasteiger partial charge in [-0.25, -0.2) is 9.59 Å². The predicted molar refractivity (Wildman–Crippen MR) is 89.6 cm³/mol. The smallest absolute Gasteiger partial charge is 0.334 e. The molecule has 0 aromatic heterocycles. The van der Waals surface area contributed by atoms with Gasteiger partial charge < -0.3 is 19.3 Å². The van der Waals surface area contributed by atoms with Crippen molar-refractivity contribution in [2.24, 2.45) is 5.92 Å². The molecule has 0 aromatic rings. The molecular weight excluding hydrogens is 340 g/mol. The van der Waals surface area contributed by atoms with Gasteiger partial charge in [0.25, 0.3) is 0 Å². The van der Waals surface area contributed by atoms with E-state index in [0.717, 1.165) is 0 Å². The number of rotatable bonds is 3. The Balaban J connectivity index is 2.10. The maximum absolute atomic E-state index is 12.4. The van der Waals surface area contributed by atoms with E-state index in [1.165, 1.54) is 19.1 Å². The van der Waals surface area contributed by atoms with Crippen LogP contribution in [-0.2, 0) is 28.6 Å². The van der Waals surface area contributed by atoms with Crippen molar-refractivity contribution < 1.29 is 33.7 Å². The molecule has 3 rings (SSSR count). The average Bonchev–Trinajstić information content (AvgIpc) is 3.01. The molecule has 4 atom stereocenters. The third kappa shape index (κ3) is 2.88. The van der Waals surface area contributed by atoms with Gasteiger partial charge in [-0.15, -0.1) is 0 Å². The molecule has 2 bridgehead atoms. The van der Waals surface area contributed by atoms with E-state index in [0.29, 0.717) is 0 Å². The van der Waals surface area contributed by atoms with Gasteiger partial charge in [-0.3, -0.25) is 4.79 Å². The van der Waals surface area contributed by atoms with Crippen LogP contribution in [0.1, 0.15) is 20.3 Å². The normalized spacial score (nSPS) is 35.0. The molecule has 1 N–H and O–H groups in total. The minimum Gasteiger partial charge on any atom is -0.479 e. The van der Waals surface area contributed by atoms with Crippen molar-refractivity contribution in [3.63, 3.8) is 0 Å². The number of ketones is 1. The van der Waals surface area contributed by atoms with Crippen molar-refractivity contribution in [1.82, 2.24) is 0 Å². The number of hydrogen-bond donors (Lipinski definition) is 1. The van der Waals surface area contributed by atoms with Crippen LogP contribution in [0.2, 0.25) is 0 Å². The number of aliphatic hydroxyl groups excluding tert-OH is 1. The SMILES string of the molecule is C=C(C)C(=O)O[C@H]1/C=C(/CO)C2=CC(=O)[C@@](C)(C[C@H]3OC(=O)C(=C)[C@@H]13)O2. The van der Waals surface area contributed by atoms with Gasteiger partial charge in [0.05, 0.1) is 12.5 Å². The Morgan fingerprint density at radius 3 is 2.77 bits per heavy atom. The van der Waals surface area contributed by atoms with E-state index in [1.807, 2.05) is 0 Å². The molecule has 1 fully saturated rings. The first-order valence-corrected chi connectivity index (χ1v) is 8.19. The first-order chi connectivity index (χ1) is 12.2. The van der Waals surface area contributed by atoms with Gasteiger partial charge >= 0.3 is 11.9 Å².